The second-order valence-electron chi connectivity index (χ2n) is 9.79. The molecule has 42 heavy (non-hydrogen) atoms. The molecule has 4 aromatic carbocycles. The van der Waals surface area contributed by atoms with E-state index in [0.717, 1.165) is 16.7 Å². The van der Waals surface area contributed by atoms with Crippen molar-refractivity contribution in [2.45, 2.75) is 19.3 Å². The zero-order valence-corrected chi connectivity index (χ0v) is 22.4. The van der Waals surface area contributed by atoms with Crippen LogP contribution in [0.2, 0.25) is 0 Å². The van der Waals surface area contributed by atoms with Crippen LogP contribution in [0.1, 0.15) is 34.4 Å². The van der Waals surface area contributed by atoms with Gasteiger partial charge in [0.25, 0.3) is 0 Å². The Morgan fingerprint density at radius 1 is 0.357 bits per heavy atom. The highest BCUT2D eigenvalue weighted by atomic mass is 16.4. The summed E-state index contributed by atoms with van der Waals surface area (Å²) in [6.07, 6.45) is 1.58. The van der Waals surface area contributed by atoms with Crippen molar-refractivity contribution in [2.75, 3.05) is 0 Å². The molecule has 0 N–H and O–H groups in total. The Balaban J connectivity index is 1.23. The molecule has 0 saturated carbocycles. The topological polar surface area (TPSA) is 117 Å². The summed E-state index contributed by atoms with van der Waals surface area (Å²) < 4.78 is 18.2. The van der Waals surface area contributed by atoms with Gasteiger partial charge >= 0.3 is 0 Å². The van der Waals surface area contributed by atoms with E-state index in [-0.39, 0.29) is 0 Å². The molecule has 0 bridgehead atoms. The molecule has 0 aliphatic rings. The van der Waals surface area contributed by atoms with E-state index in [1.54, 1.807) is 0 Å². The minimum absolute atomic E-state index is 0.358. The third-order valence-corrected chi connectivity index (χ3v) is 6.67. The molecule has 0 saturated heterocycles. The lowest BCUT2D eigenvalue weighted by molar-refractivity contribution is 0.515. The van der Waals surface area contributed by atoms with E-state index < -0.39 is 0 Å². The number of benzene rings is 4. The Morgan fingerprint density at radius 2 is 0.643 bits per heavy atom. The maximum Gasteiger partial charge on any atom is 0.247 e. The molecule has 0 atom stereocenters. The lowest BCUT2D eigenvalue weighted by Crippen LogP contribution is -1.87. The van der Waals surface area contributed by atoms with Crippen LogP contribution in [0, 0.1) is 0 Å². The number of hydrogen-bond donors (Lipinski definition) is 0. The minimum Gasteiger partial charge on any atom is -0.420 e. The van der Waals surface area contributed by atoms with Gasteiger partial charge in [0.15, 0.2) is 0 Å². The maximum absolute atomic E-state index is 6.07. The van der Waals surface area contributed by atoms with E-state index in [1.165, 1.54) is 0 Å². The Labute approximate surface area is 240 Å². The molecule has 0 radical (unpaired) electrons. The highest BCUT2D eigenvalue weighted by Crippen LogP contribution is 2.32. The van der Waals surface area contributed by atoms with Gasteiger partial charge in [-0.2, -0.15) is 0 Å². The monoisotopic (exact) mass is 552 g/mol. The van der Waals surface area contributed by atoms with Crippen LogP contribution in [0.25, 0.3) is 34.4 Å². The van der Waals surface area contributed by atoms with Crippen molar-refractivity contribution in [3.05, 3.63) is 144 Å². The molecule has 0 spiro atoms. The summed E-state index contributed by atoms with van der Waals surface area (Å²) in [7, 11) is 0. The van der Waals surface area contributed by atoms with Crippen molar-refractivity contribution in [3.8, 4) is 34.4 Å². The van der Waals surface area contributed by atoms with Crippen molar-refractivity contribution in [3.63, 3.8) is 0 Å². The van der Waals surface area contributed by atoms with Crippen LogP contribution in [-0.2, 0) is 19.3 Å². The van der Waals surface area contributed by atoms with Crippen LogP contribution in [-0.4, -0.2) is 30.6 Å². The van der Waals surface area contributed by atoms with E-state index in [9.17, 15) is 0 Å². The molecule has 9 nitrogen and oxygen atoms in total. The first-order chi connectivity index (χ1) is 20.7. The number of hydrogen-bond acceptors (Lipinski definition) is 9. The number of aromatic nitrogens is 6. The molecule has 0 aliphatic heterocycles. The molecule has 0 amide bonds. The number of rotatable bonds is 9. The van der Waals surface area contributed by atoms with E-state index in [2.05, 4.69) is 30.6 Å². The van der Waals surface area contributed by atoms with E-state index in [1.807, 2.05) is 109 Å². The Morgan fingerprint density at radius 3 is 0.929 bits per heavy atom. The predicted octanol–water partition coefficient (Wildman–Crippen LogP) is 6.61. The molecule has 7 aromatic rings. The summed E-state index contributed by atoms with van der Waals surface area (Å²) in [6, 6.07) is 35.6. The SMILES string of the molecule is c1ccc(Cc2nnc(-c3cc(-c4nnc(Cc5ccccc5)o4)cc(-c4nnc(Cc5ccccc5)o4)c3)o2)cc1. The summed E-state index contributed by atoms with van der Waals surface area (Å²) >= 11 is 0. The second kappa shape index (κ2) is 11.4. The zero-order valence-electron chi connectivity index (χ0n) is 22.4. The highest BCUT2D eigenvalue weighted by molar-refractivity contribution is 5.73. The Hall–Kier alpha value is -5.70. The van der Waals surface area contributed by atoms with Crippen molar-refractivity contribution in [1.82, 2.24) is 30.6 Å². The molecule has 0 aliphatic carbocycles. The van der Waals surface area contributed by atoms with Crippen LogP contribution >= 0.6 is 0 Å². The lowest BCUT2D eigenvalue weighted by atomic mass is 10.1. The second-order valence-corrected chi connectivity index (χ2v) is 9.79. The predicted molar refractivity (Wildman–Crippen MR) is 154 cm³/mol. The van der Waals surface area contributed by atoms with Crippen molar-refractivity contribution in [2.24, 2.45) is 0 Å². The van der Waals surface area contributed by atoms with Crippen molar-refractivity contribution >= 4 is 0 Å². The summed E-state index contributed by atoms with van der Waals surface area (Å²) in [5, 5.41) is 25.8. The van der Waals surface area contributed by atoms with Crippen molar-refractivity contribution < 1.29 is 13.3 Å². The Kier molecular flexibility index (Phi) is 6.87. The van der Waals surface area contributed by atoms with Gasteiger partial charge in [0.05, 0.1) is 19.3 Å². The largest absolute Gasteiger partial charge is 0.420 e. The first-order valence-corrected chi connectivity index (χ1v) is 13.5. The molecule has 3 heterocycles. The van der Waals surface area contributed by atoms with E-state index in [4.69, 9.17) is 13.3 Å². The fraction of sp³-hybridized carbons (Fsp3) is 0.0909. The van der Waals surface area contributed by atoms with Gasteiger partial charge in [-0.3, -0.25) is 0 Å². The smallest absolute Gasteiger partial charge is 0.247 e. The van der Waals surface area contributed by atoms with Gasteiger partial charge in [-0.05, 0) is 34.9 Å². The third kappa shape index (κ3) is 5.75. The lowest BCUT2D eigenvalue weighted by Gasteiger charge is -2.03. The molecule has 204 valence electrons. The molecule has 9 heteroatoms. The summed E-state index contributed by atoms with van der Waals surface area (Å²) in [4.78, 5) is 0. The standard InChI is InChI=1S/C33H24N6O3/c1-4-10-22(11-5-1)16-28-34-37-31(40-28)25-19-26(32-38-35-29(41-32)17-23-12-6-2-7-13-23)21-27(20-25)33-39-36-30(42-33)18-24-14-8-3-9-15-24/h1-15,19-21H,16-18H2. The first-order valence-electron chi connectivity index (χ1n) is 13.5. The van der Waals surface area contributed by atoms with E-state index >= 15 is 0 Å². The molecule has 3 aromatic heterocycles. The average Bonchev–Trinajstić information content (AvgIpc) is 3.81. The van der Waals surface area contributed by atoms with Crippen LogP contribution in [0.3, 0.4) is 0 Å². The quantitative estimate of drug-likeness (QED) is 0.195. The van der Waals surface area contributed by atoms with Gasteiger partial charge in [-0.15, -0.1) is 30.6 Å². The normalized spacial score (nSPS) is 11.1. The van der Waals surface area contributed by atoms with Gasteiger partial charge in [0.1, 0.15) is 0 Å². The summed E-state index contributed by atoms with van der Waals surface area (Å²) in [6.45, 7) is 0. The maximum atomic E-state index is 6.07. The van der Waals surface area contributed by atoms with Crippen LogP contribution < -0.4 is 0 Å². The van der Waals surface area contributed by atoms with Gasteiger partial charge < -0.3 is 13.3 Å². The van der Waals surface area contributed by atoms with Gasteiger partial charge in [-0.1, -0.05) is 91.0 Å². The first kappa shape index (κ1) is 25.3. The molecular formula is C33H24N6O3. The highest BCUT2D eigenvalue weighted by Gasteiger charge is 2.19. The fourth-order valence-electron chi connectivity index (χ4n) is 4.63. The van der Waals surface area contributed by atoms with Crippen LogP contribution in [0.4, 0.5) is 0 Å². The van der Waals surface area contributed by atoms with E-state index in [0.29, 0.717) is 71.3 Å². The third-order valence-electron chi connectivity index (χ3n) is 6.67. The fourth-order valence-corrected chi connectivity index (χ4v) is 4.63. The van der Waals surface area contributed by atoms with Gasteiger partial charge in [0.2, 0.25) is 35.3 Å². The summed E-state index contributed by atoms with van der Waals surface area (Å²) in [5.74, 6) is 2.60. The Bertz CT molecular complexity index is 1680. The molecule has 0 fully saturated rings. The molecule has 7 rings (SSSR count). The van der Waals surface area contributed by atoms with Gasteiger partial charge in [0, 0.05) is 16.7 Å². The molecule has 0 unspecified atom stereocenters. The zero-order chi connectivity index (χ0) is 28.1. The van der Waals surface area contributed by atoms with Gasteiger partial charge in [-0.25, -0.2) is 0 Å². The van der Waals surface area contributed by atoms with Crippen LogP contribution in [0.5, 0.6) is 0 Å². The minimum atomic E-state index is 0.358. The summed E-state index contributed by atoms with van der Waals surface area (Å²) in [5.41, 5.74) is 5.24. The number of nitrogens with zero attached hydrogens (tertiary/aromatic N) is 6. The molecular weight excluding hydrogens is 528 g/mol. The van der Waals surface area contributed by atoms with Crippen molar-refractivity contribution in [1.29, 1.82) is 0 Å². The van der Waals surface area contributed by atoms with Crippen LogP contribution in [0.15, 0.2) is 122 Å². The average molecular weight is 553 g/mol.